The molecular weight excluding hydrogens is 417 g/mol. The van der Waals surface area contributed by atoms with Crippen LogP contribution >= 0.6 is 12.4 Å². The Kier molecular flexibility index (Phi) is 5.96. The molecule has 168 valence electrons. The number of anilines is 1. The lowest BCUT2D eigenvalue weighted by atomic mass is 9.53. The second kappa shape index (κ2) is 8.10. The molecule has 1 aliphatic heterocycles. The number of nitrogens with zero attached hydrogens (tertiary/aromatic N) is 3. The fourth-order valence-corrected chi connectivity index (χ4v) is 6.74. The molecule has 0 amide bonds. The minimum atomic E-state index is -4.52. The molecule has 5 aliphatic rings. The number of aliphatic hydroxyl groups is 1. The Balaban J connectivity index is 0.00000218. The van der Waals surface area contributed by atoms with Crippen molar-refractivity contribution in [1.82, 2.24) is 14.9 Å². The summed E-state index contributed by atoms with van der Waals surface area (Å²) in [6.07, 6.45) is 4.72. The van der Waals surface area contributed by atoms with Crippen LogP contribution in [0.15, 0.2) is 6.20 Å². The predicted molar refractivity (Wildman–Crippen MR) is 109 cm³/mol. The number of hydrogen-bond acceptors (Lipinski definition) is 5. The molecule has 1 aromatic rings. The summed E-state index contributed by atoms with van der Waals surface area (Å²) in [6, 6.07) is 0. The largest absolute Gasteiger partial charge is 0.433 e. The van der Waals surface area contributed by atoms with Crippen molar-refractivity contribution in [2.75, 3.05) is 18.4 Å². The van der Waals surface area contributed by atoms with Crippen LogP contribution in [-0.2, 0) is 12.7 Å². The molecule has 9 heteroatoms. The summed E-state index contributed by atoms with van der Waals surface area (Å²) in [5.74, 6) is 2.20. The maximum atomic E-state index is 13.8. The van der Waals surface area contributed by atoms with Gasteiger partial charge in [-0.05, 0) is 75.7 Å². The third-order valence-corrected chi connectivity index (χ3v) is 7.42. The Morgan fingerprint density at radius 2 is 1.77 bits per heavy atom. The van der Waals surface area contributed by atoms with Gasteiger partial charge in [0.1, 0.15) is 0 Å². The van der Waals surface area contributed by atoms with Crippen LogP contribution in [0.2, 0.25) is 0 Å². The molecule has 4 aliphatic carbocycles. The number of likely N-dealkylation sites (tertiary alicyclic amines) is 1. The van der Waals surface area contributed by atoms with E-state index < -0.39 is 18.0 Å². The minimum Gasteiger partial charge on any atom is -0.392 e. The van der Waals surface area contributed by atoms with Crippen LogP contribution in [0.25, 0.3) is 0 Å². The fraction of sp³-hybridized carbons (Fsp3) is 0.810. The van der Waals surface area contributed by atoms with E-state index in [0.29, 0.717) is 37.3 Å². The Morgan fingerprint density at radius 3 is 2.33 bits per heavy atom. The average molecular weight is 447 g/mol. The molecule has 4 bridgehead atoms. The van der Waals surface area contributed by atoms with Gasteiger partial charge in [0.2, 0.25) is 5.95 Å². The molecule has 1 saturated heterocycles. The molecule has 0 aromatic carbocycles. The van der Waals surface area contributed by atoms with E-state index in [0.717, 1.165) is 25.7 Å². The molecule has 1 aromatic heterocycles. The van der Waals surface area contributed by atoms with Crippen LogP contribution in [0.4, 0.5) is 19.1 Å². The Hall–Kier alpha value is -1.12. The van der Waals surface area contributed by atoms with Crippen LogP contribution in [0, 0.1) is 17.8 Å². The second-order valence-corrected chi connectivity index (χ2v) is 9.92. The average Bonchev–Trinajstić information content (AvgIpc) is 2.61. The van der Waals surface area contributed by atoms with Crippen LogP contribution < -0.4 is 5.32 Å². The van der Waals surface area contributed by atoms with Crippen molar-refractivity contribution < 1.29 is 18.3 Å². The third-order valence-electron chi connectivity index (χ3n) is 7.42. The molecule has 5 nitrogen and oxygen atoms in total. The molecule has 2 N–H and O–H groups in total. The van der Waals surface area contributed by atoms with E-state index >= 15 is 0 Å². The quantitative estimate of drug-likeness (QED) is 0.723. The normalized spacial score (nSPS) is 35.9. The fourth-order valence-electron chi connectivity index (χ4n) is 6.74. The van der Waals surface area contributed by atoms with Crippen molar-refractivity contribution in [2.24, 2.45) is 17.8 Å². The summed E-state index contributed by atoms with van der Waals surface area (Å²) >= 11 is 0. The number of aliphatic hydroxyl groups excluding tert-OH is 1. The maximum Gasteiger partial charge on any atom is 0.433 e. The Labute approximate surface area is 181 Å². The molecule has 1 unspecified atom stereocenters. The molecular formula is C21H30ClF3N4O. The molecule has 0 spiro atoms. The number of halogens is 4. The number of piperidine rings is 1. The number of rotatable bonds is 4. The summed E-state index contributed by atoms with van der Waals surface area (Å²) < 4.78 is 41.3. The highest BCUT2D eigenvalue weighted by Gasteiger charge is 2.51. The van der Waals surface area contributed by atoms with Gasteiger partial charge in [-0.1, -0.05) is 0 Å². The third kappa shape index (κ3) is 4.41. The first-order valence-electron chi connectivity index (χ1n) is 10.9. The lowest BCUT2D eigenvalue weighted by Gasteiger charge is -2.56. The SMILES string of the molecule is Cl.OC1CCCN(Cc2cnc(NC34CC5CC(CC(C5)C3)C4)nc2C(F)(F)F)C1. The zero-order valence-electron chi connectivity index (χ0n) is 17.0. The molecule has 30 heavy (non-hydrogen) atoms. The maximum absolute atomic E-state index is 13.8. The first-order chi connectivity index (χ1) is 13.8. The highest BCUT2D eigenvalue weighted by molar-refractivity contribution is 5.85. The van der Waals surface area contributed by atoms with Crippen molar-refractivity contribution in [3.8, 4) is 0 Å². The van der Waals surface area contributed by atoms with Crippen LogP contribution in [0.5, 0.6) is 0 Å². The standard InChI is InChI=1S/C21H29F3N4O.ClH/c22-21(23,24)18-16(11-28-3-1-2-17(29)12-28)10-25-19(26-18)27-20-7-13-4-14(8-20)6-15(5-13)9-20;/h10,13-15,17,29H,1-9,11-12H2,(H,25,26,27);1H. The van der Waals surface area contributed by atoms with Gasteiger partial charge in [-0.25, -0.2) is 9.97 Å². The smallest absolute Gasteiger partial charge is 0.392 e. The van der Waals surface area contributed by atoms with Crippen molar-refractivity contribution in [1.29, 1.82) is 0 Å². The van der Waals surface area contributed by atoms with E-state index in [9.17, 15) is 18.3 Å². The van der Waals surface area contributed by atoms with Crippen LogP contribution in [0.3, 0.4) is 0 Å². The van der Waals surface area contributed by atoms with Gasteiger partial charge in [-0.15, -0.1) is 12.4 Å². The summed E-state index contributed by atoms with van der Waals surface area (Å²) in [4.78, 5) is 10.1. The molecule has 4 saturated carbocycles. The van der Waals surface area contributed by atoms with Gasteiger partial charge in [0.15, 0.2) is 5.69 Å². The summed E-state index contributed by atoms with van der Waals surface area (Å²) in [6.45, 7) is 1.19. The van der Waals surface area contributed by atoms with Gasteiger partial charge in [0.05, 0.1) is 6.10 Å². The molecule has 5 fully saturated rings. The number of β-amino-alcohol motifs (C(OH)–C–C–N with tert-alkyl or cyclic N) is 1. The number of hydrogen-bond donors (Lipinski definition) is 2. The number of alkyl halides is 3. The zero-order chi connectivity index (χ0) is 20.2. The van der Waals surface area contributed by atoms with Gasteiger partial charge in [0.25, 0.3) is 0 Å². The first-order valence-corrected chi connectivity index (χ1v) is 10.9. The zero-order valence-corrected chi connectivity index (χ0v) is 17.8. The highest BCUT2D eigenvalue weighted by atomic mass is 35.5. The summed E-state index contributed by atoms with van der Waals surface area (Å²) in [5.41, 5.74) is -0.890. The van der Waals surface area contributed by atoms with Gasteiger partial charge in [-0.2, -0.15) is 13.2 Å². The first kappa shape index (κ1) is 22.1. The van der Waals surface area contributed by atoms with Crippen LogP contribution in [0.1, 0.15) is 62.6 Å². The summed E-state index contributed by atoms with van der Waals surface area (Å²) in [7, 11) is 0. The topological polar surface area (TPSA) is 61.3 Å². The van der Waals surface area contributed by atoms with Crippen molar-refractivity contribution in [2.45, 2.75) is 75.7 Å². The lowest BCUT2D eigenvalue weighted by molar-refractivity contribution is -0.142. The molecule has 0 radical (unpaired) electrons. The Bertz CT molecular complexity index is 740. The van der Waals surface area contributed by atoms with E-state index in [4.69, 9.17) is 0 Å². The monoisotopic (exact) mass is 446 g/mol. The van der Waals surface area contributed by atoms with E-state index in [1.165, 1.54) is 25.5 Å². The Morgan fingerprint density at radius 1 is 1.13 bits per heavy atom. The number of aromatic nitrogens is 2. The predicted octanol–water partition coefficient (Wildman–Crippen LogP) is 4.25. The molecule has 6 rings (SSSR count). The molecule has 1 atom stereocenters. The summed E-state index contributed by atoms with van der Waals surface area (Å²) in [5, 5.41) is 13.2. The van der Waals surface area contributed by atoms with Crippen molar-refractivity contribution in [3.05, 3.63) is 17.5 Å². The van der Waals surface area contributed by atoms with Gasteiger partial charge in [-0.3, -0.25) is 4.90 Å². The van der Waals surface area contributed by atoms with E-state index in [1.807, 2.05) is 4.90 Å². The second-order valence-electron chi connectivity index (χ2n) is 9.92. The highest BCUT2D eigenvalue weighted by Crippen LogP contribution is 2.56. The van der Waals surface area contributed by atoms with Crippen LogP contribution in [-0.4, -0.2) is 44.7 Å². The van der Waals surface area contributed by atoms with E-state index in [1.54, 1.807) is 0 Å². The molecule has 2 heterocycles. The van der Waals surface area contributed by atoms with E-state index in [-0.39, 0.29) is 36.0 Å². The van der Waals surface area contributed by atoms with Gasteiger partial charge >= 0.3 is 6.18 Å². The van der Waals surface area contributed by atoms with E-state index in [2.05, 4.69) is 15.3 Å². The van der Waals surface area contributed by atoms with Gasteiger partial charge in [0, 0.05) is 30.4 Å². The lowest BCUT2D eigenvalue weighted by Crippen LogP contribution is -2.55. The number of nitrogens with one attached hydrogen (secondary N) is 1. The van der Waals surface area contributed by atoms with Crippen molar-refractivity contribution in [3.63, 3.8) is 0 Å². The van der Waals surface area contributed by atoms with Crippen molar-refractivity contribution >= 4 is 18.4 Å². The minimum absolute atomic E-state index is 0. The van der Waals surface area contributed by atoms with Gasteiger partial charge < -0.3 is 10.4 Å².